The number of nitrogens with zero attached hydrogens (tertiary/aromatic N) is 2. The van der Waals surface area contributed by atoms with Crippen LogP contribution >= 0.6 is 0 Å². The molecule has 0 fully saturated rings. The van der Waals surface area contributed by atoms with Crippen molar-refractivity contribution in [2.24, 2.45) is 0 Å². The summed E-state index contributed by atoms with van der Waals surface area (Å²) in [5.74, 6) is 1.66. The number of carbonyl (C=O) groups is 1. The van der Waals surface area contributed by atoms with Crippen molar-refractivity contribution in [1.82, 2.24) is 10.1 Å². The molecule has 2 aromatic rings. The first-order valence-electron chi connectivity index (χ1n) is 8.38. The highest BCUT2D eigenvalue weighted by Gasteiger charge is 2.32. The van der Waals surface area contributed by atoms with E-state index in [1.807, 2.05) is 31.7 Å². The van der Waals surface area contributed by atoms with Crippen molar-refractivity contribution in [3.05, 3.63) is 46.3 Å². The summed E-state index contributed by atoms with van der Waals surface area (Å²) in [5.41, 5.74) is 3.71. The van der Waals surface area contributed by atoms with E-state index in [4.69, 9.17) is 9.26 Å². The molecule has 0 radical (unpaired) electrons. The Morgan fingerprint density at radius 2 is 2.17 bits per heavy atom. The molecule has 24 heavy (non-hydrogen) atoms. The average molecular weight is 328 g/mol. The number of rotatable bonds is 3. The monoisotopic (exact) mass is 328 g/mol. The van der Waals surface area contributed by atoms with Gasteiger partial charge in [-0.2, -0.15) is 0 Å². The van der Waals surface area contributed by atoms with E-state index in [1.54, 1.807) is 7.11 Å². The van der Waals surface area contributed by atoms with Gasteiger partial charge in [0, 0.05) is 12.5 Å². The second-order valence-corrected chi connectivity index (χ2v) is 6.65. The van der Waals surface area contributed by atoms with Crippen LogP contribution in [0.4, 0.5) is 0 Å². The largest absolute Gasteiger partial charge is 0.497 e. The molecule has 3 rings (SSSR count). The normalized spacial score (nSPS) is 17.1. The number of methoxy groups -OCH3 is 1. The van der Waals surface area contributed by atoms with Gasteiger partial charge >= 0.3 is 0 Å². The van der Waals surface area contributed by atoms with Crippen molar-refractivity contribution < 1.29 is 14.1 Å². The van der Waals surface area contributed by atoms with Crippen molar-refractivity contribution in [3.63, 3.8) is 0 Å². The van der Waals surface area contributed by atoms with Crippen LogP contribution < -0.4 is 4.74 Å². The van der Waals surface area contributed by atoms with Gasteiger partial charge in [-0.15, -0.1) is 0 Å². The fourth-order valence-electron chi connectivity index (χ4n) is 3.40. The second-order valence-electron chi connectivity index (χ2n) is 6.65. The van der Waals surface area contributed by atoms with E-state index in [1.165, 1.54) is 11.1 Å². The summed E-state index contributed by atoms with van der Waals surface area (Å²) >= 11 is 0. The highest BCUT2D eigenvalue weighted by molar-refractivity contribution is 5.96. The molecule has 0 saturated heterocycles. The Balaban J connectivity index is 1.94. The van der Waals surface area contributed by atoms with Crippen molar-refractivity contribution in [2.45, 2.75) is 46.1 Å². The van der Waals surface area contributed by atoms with E-state index in [-0.39, 0.29) is 17.9 Å². The lowest BCUT2D eigenvalue weighted by molar-refractivity contribution is 0.0674. The summed E-state index contributed by atoms with van der Waals surface area (Å²) in [5, 5.41) is 4.01. The number of benzene rings is 1. The summed E-state index contributed by atoms with van der Waals surface area (Å²) < 4.78 is 10.7. The van der Waals surface area contributed by atoms with Crippen LogP contribution in [0.3, 0.4) is 0 Å². The van der Waals surface area contributed by atoms with Gasteiger partial charge in [0.15, 0.2) is 5.76 Å². The molecule has 1 aliphatic rings. The Labute approximate surface area is 142 Å². The van der Waals surface area contributed by atoms with E-state index in [0.717, 1.165) is 12.2 Å². The van der Waals surface area contributed by atoms with E-state index in [2.05, 4.69) is 24.2 Å². The summed E-state index contributed by atoms with van der Waals surface area (Å²) in [6, 6.07) is 6.09. The molecule has 0 saturated carbocycles. The molecule has 5 heteroatoms. The highest BCUT2D eigenvalue weighted by atomic mass is 16.5. The molecule has 5 nitrogen and oxygen atoms in total. The third-order valence-electron chi connectivity index (χ3n) is 4.78. The molecule has 2 heterocycles. The summed E-state index contributed by atoms with van der Waals surface area (Å²) in [6.45, 7) is 8.61. The standard InChI is InChI=1S/C19H24N2O3/c1-11(2)18-17(12(3)20-24-18)19(22)21-9-8-14-10-15(23-5)6-7-16(14)13(21)4/h6-7,10-11,13H,8-9H2,1-5H3. The number of aromatic nitrogens is 1. The lowest BCUT2D eigenvalue weighted by Crippen LogP contribution is -2.39. The minimum atomic E-state index is 0.00594. The van der Waals surface area contributed by atoms with Crippen molar-refractivity contribution in [1.29, 1.82) is 0 Å². The number of fused-ring (bicyclic) bond motifs is 1. The van der Waals surface area contributed by atoms with Crippen LogP contribution in [-0.2, 0) is 6.42 Å². The number of ether oxygens (including phenoxy) is 1. The van der Waals surface area contributed by atoms with Crippen LogP contribution in [0.15, 0.2) is 22.7 Å². The van der Waals surface area contributed by atoms with Crippen LogP contribution in [0.2, 0.25) is 0 Å². The third-order valence-corrected chi connectivity index (χ3v) is 4.78. The van der Waals surface area contributed by atoms with Gasteiger partial charge < -0.3 is 14.2 Å². The minimum absolute atomic E-state index is 0.00594. The number of amides is 1. The van der Waals surface area contributed by atoms with Crippen LogP contribution in [-0.4, -0.2) is 29.6 Å². The Bertz CT molecular complexity index is 764. The van der Waals surface area contributed by atoms with Gasteiger partial charge in [0.25, 0.3) is 5.91 Å². The topological polar surface area (TPSA) is 55.6 Å². The Hall–Kier alpha value is -2.30. The molecular formula is C19H24N2O3. The van der Waals surface area contributed by atoms with Crippen molar-refractivity contribution >= 4 is 5.91 Å². The van der Waals surface area contributed by atoms with Gasteiger partial charge in [-0.25, -0.2) is 0 Å². The first-order chi connectivity index (χ1) is 11.4. The molecule has 0 spiro atoms. The van der Waals surface area contributed by atoms with Gasteiger partial charge in [0.05, 0.1) is 18.8 Å². The van der Waals surface area contributed by atoms with Gasteiger partial charge in [-0.1, -0.05) is 25.1 Å². The quantitative estimate of drug-likeness (QED) is 0.858. The number of aryl methyl sites for hydroxylation is 1. The van der Waals surface area contributed by atoms with Gasteiger partial charge in [0.1, 0.15) is 11.3 Å². The average Bonchev–Trinajstić information content (AvgIpc) is 2.96. The fourth-order valence-corrected chi connectivity index (χ4v) is 3.40. The Morgan fingerprint density at radius 3 is 2.83 bits per heavy atom. The van der Waals surface area contributed by atoms with E-state index >= 15 is 0 Å². The van der Waals surface area contributed by atoms with Gasteiger partial charge in [0.2, 0.25) is 0 Å². The molecule has 1 atom stereocenters. The molecular weight excluding hydrogens is 304 g/mol. The SMILES string of the molecule is COc1ccc2c(c1)CCN(C(=O)c1c(C)noc1C(C)C)C2C. The molecule has 1 aliphatic heterocycles. The molecule has 1 aromatic heterocycles. The number of hydrogen-bond acceptors (Lipinski definition) is 4. The maximum atomic E-state index is 13.2. The van der Waals surface area contributed by atoms with E-state index < -0.39 is 0 Å². The first kappa shape index (κ1) is 16.6. The minimum Gasteiger partial charge on any atom is -0.497 e. The van der Waals surface area contributed by atoms with E-state index in [0.29, 0.717) is 23.6 Å². The zero-order chi connectivity index (χ0) is 17.4. The maximum absolute atomic E-state index is 13.2. The summed E-state index contributed by atoms with van der Waals surface area (Å²) in [4.78, 5) is 15.1. The van der Waals surface area contributed by atoms with Crippen LogP contribution in [0.25, 0.3) is 0 Å². The summed E-state index contributed by atoms with van der Waals surface area (Å²) in [6.07, 6.45) is 0.823. The smallest absolute Gasteiger partial charge is 0.259 e. The molecule has 128 valence electrons. The lowest BCUT2D eigenvalue weighted by atomic mass is 9.92. The van der Waals surface area contributed by atoms with Crippen LogP contribution in [0.1, 0.15) is 65.7 Å². The number of carbonyl (C=O) groups excluding carboxylic acids is 1. The van der Waals surface area contributed by atoms with Crippen molar-refractivity contribution in [3.8, 4) is 5.75 Å². The van der Waals surface area contributed by atoms with Crippen LogP contribution in [0.5, 0.6) is 5.75 Å². The molecule has 0 bridgehead atoms. The Morgan fingerprint density at radius 1 is 1.42 bits per heavy atom. The Kier molecular flexibility index (Phi) is 4.35. The second kappa shape index (κ2) is 6.30. The van der Waals surface area contributed by atoms with E-state index in [9.17, 15) is 4.79 Å². The predicted molar refractivity (Wildman–Crippen MR) is 91.5 cm³/mol. The zero-order valence-corrected chi connectivity index (χ0v) is 14.9. The molecule has 0 N–H and O–H groups in total. The number of hydrogen-bond donors (Lipinski definition) is 0. The zero-order valence-electron chi connectivity index (χ0n) is 14.9. The van der Waals surface area contributed by atoms with Gasteiger partial charge in [-0.3, -0.25) is 4.79 Å². The molecule has 1 unspecified atom stereocenters. The van der Waals surface area contributed by atoms with Crippen molar-refractivity contribution in [2.75, 3.05) is 13.7 Å². The van der Waals surface area contributed by atoms with Crippen LogP contribution in [0, 0.1) is 6.92 Å². The molecule has 1 amide bonds. The fraction of sp³-hybridized carbons (Fsp3) is 0.474. The third kappa shape index (κ3) is 2.68. The van der Waals surface area contributed by atoms with Gasteiger partial charge in [-0.05, 0) is 43.5 Å². The first-order valence-corrected chi connectivity index (χ1v) is 8.38. The predicted octanol–water partition coefficient (Wildman–Crippen LogP) is 3.87. The molecule has 1 aromatic carbocycles. The summed E-state index contributed by atoms with van der Waals surface area (Å²) in [7, 11) is 1.67. The highest BCUT2D eigenvalue weighted by Crippen LogP contribution is 2.34. The lowest BCUT2D eigenvalue weighted by Gasteiger charge is -2.35. The maximum Gasteiger partial charge on any atom is 0.259 e. The molecule has 0 aliphatic carbocycles.